The first kappa shape index (κ1) is 19.0. The van der Waals surface area contributed by atoms with Crippen LogP contribution >= 0.6 is 22.9 Å². The Hall–Kier alpha value is -2.29. The standard InChI is InChI=1S/C19H19ClFN5OS/c20-13-1-2-16(15(21)11-13)24-17(27)3-5-25-6-8-26(9-7-25)18-14-4-10-28-19(14)23-12-22-18/h1-2,4,10-12H,3,5-9H2,(H,24,27). The Morgan fingerprint density at radius 3 is 2.82 bits per heavy atom. The van der Waals surface area contributed by atoms with Crippen molar-refractivity contribution < 1.29 is 9.18 Å². The molecule has 3 aromatic rings. The van der Waals surface area contributed by atoms with Crippen LogP contribution in [0, 0.1) is 5.82 Å². The highest BCUT2D eigenvalue weighted by atomic mass is 35.5. The molecule has 1 fully saturated rings. The van der Waals surface area contributed by atoms with Crippen LogP contribution in [0.4, 0.5) is 15.9 Å². The summed E-state index contributed by atoms with van der Waals surface area (Å²) in [7, 11) is 0. The largest absolute Gasteiger partial charge is 0.353 e. The maximum absolute atomic E-state index is 13.8. The molecule has 4 rings (SSSR count). The van der Waals surface area contributed by atoms with Gasteiger partial charge in [0.1, 0.15) is 22.8 Å². The Morgan fingerprint density at radius 2 is 2.04 bits per heavy atom. The summed E-state index contributed by atoms with van der Waals surface area (Å²) in [6, 6.07) is 6.27. The van der Waals surface area contributed by atoms with Gasteiger partial charge >= 0.3 is 0 Å². The highest BCUT2D eigenvalue weighted by Crippen LogP contribution is 2.27. The lowest BCUT2D eigenvalue weighted by molar-refractivity contribution is -0.116. The predicted molar refractivity (Wildman–Crippen MR) is 111 cm³/mol. The van der Waals surface area contributed by atoms with Gasteiger partial charge in [-0.3, -0.25) is 9.69 Å². The second-order valence-electron chi connectivity index (χ2n) is 6.59. The number of carbonyl (C=O) groups is 1. The number of nitrogens with one attached hydrogen (secondary N) is 1. The third-order valence-electron chi connectivity index (χ3n) is 4.77. The van der Waals surface area contributed by atoms with Crippen molar-refractivity contribution in [3.8, 4) is 0 Å². The van der Waals surface area contributed by atoms with Gasteiger partial charge in [-0.15, -0.1) is 11.3 Å². The molecule has 1 N–H and O–H groups in total. The average Bonchev–Trinajstić information content (AvgIpc) is 3.18. The molecule has 0 saturated carbocycles. The normalized spacial score (nSPS) is 15.1. The highest BCUT2D eigenvalue weighted by molar-refractivity contribution is 7.16. The lowest BCUT2D eigenvalue weighted by atomic mass is 10.2. The fourth-order valence-electron chi connectivity index (χ4n) is 3.28. The summed E-state index contributed by atoms with van der Waals surface area (Å²) in [5.74, 6) is 0.236. The SMILES string of the molecule is O=C(CCN1CCN(c2ncnc3sccc23)CC1)Nc1ccc(Cl)cc1F. The summed E-state index contributed by atoms with van der Waals surface area (Å²) in [4.78, 5) is 26.4. The van der Waals surface area contributed by atoms with E-state index in [0.29, 0.717) is 18.0 Å². The van der Waals surface area contributed by atoms with Gasteiger partial charge in [0.05, 0.1) is 11.1 Å². The highest BCUT2D eigenvalue weighted by Gasteiger charge is 2.20. The van der Waals surface area contributed by atoms with Gasteiger partial charge in [-0.05, 0) is 29.6 Å². The van der Waals surface area contributed by atoms with Gasteiger partial charge in [0.15, 0.2) is 0 Å². The molecule has 1 amide bonds. The van der Waals surface area contributed by atoms with Crippen LogP contribution in [-0.2, 0) is 4.79 Å². The summed E-state index contributed by atoms with van der Waals surface area (Å²) in [6.45, 7) is 4.01. The number of amides is 1. The van der Waals surface area contributed by atoms with Crippen LogP contribution in [0.25, 0.3) is 10.2 Å². The Kier molecular flexibility index (Phi) is 5.70. The van der Waals surface area contributed by atoms with E-state index in [1.165, 1.54) is 12.1 Å². The van der Waals surface area contributed by atoms with Crippen molar-refractivity contribution in [3.05, 3.63) is 46.8 Å². The van der Waals surface area contributed by atoms with E-state index in [2.05, 4.69) is 31.2 Å². The molecular weight excluding hydrogens is 401 g/mol. The van der Waals surface area contributed by atoms with Gasteiger partial charge in [0.2, 0.25) is 5.91 Å². The number of thiophene rings is 1. The van der Waals surface area contributed by atoms with Gasteiger partial charge in [-0.25, -0.2) is 14.4 Å². The first-order valence-electron chi connectivity index (χ1n) is 9.00. The van der Waals surface area contributed by atoms with Gasteiger partial charge in [-0.2, -0.15) is 0 Å². The molecule has 0 bridgehead atoms. The fourth-order valence-corrected chi connectivity index (χ4v) is 4.16. The number of carbonyl (C=O) groups excluding carboxylic acids is 1. The summed E-state index contributed by atoms with van der Waals surface area (Å²) >= 11 is 7.34. The third-order valence-corrected chi connectivity index (χ3v) is 5.83. The second-order valence-corrected chi connectivity index (χ2v) is 7.92. The first-order valence-corrected chi connectivity index (χ1v) is 10.3. The number of fused-ring (bicyclic) bond motifs is 1. The van der Waals surface area contributed by atoms with Crippen LogP contribution in [0.1, 0.15) is 6.42 Å². The van der Waals surface area contributed by atoms with E-state index < -0.39 is 5.82 Å². The number of nitrogens with zero attached hydrogens (tertiary/aromatic N) is 4. The van der Waals surface area contributed by atoms with E-state index in [9.17, 15) is 9.18 Å². The zero-order chi connectivity index (χ0) is 19.5. The number of aromatic nitrogens is 2. The van der Waals surface area contributed by atoms with Crippen molar-refractivity contribution in [1.29, 1.82) is 0 Å². The zero-order valence-electron chi connectivity index (χ0n) is 15.1. The van der Waals surface area contributed by atoms with Crippen LogP contribution < -0.4 is 10.2 Å². The molecule has 1 aliphatic rings. The van der Waals surface area contributed by atoms with Gasteiger partial charge in [0.25, 0.3) is 0 Å². The molecule has 0 spiro atoms. The maximum Gasteiger partial charge on any atom is 0.225 e. The second kappa shape index (κ2) is 8.38. The van der Waals surface area contributed by atoms with Crippen molar-refractivity contribution in [2.75, 3.05) is 42.9 Å². The van der Waals surface area contributed by atoms with Crippen molar-refractivity contribution in [1.82, 2.24) is 14.9 Å². The number of halogens is 2. The third kappa shape index (κ3) is 4.24. The van der Waals surface area contributed by atoms with E-state index in [1.54, 1.807) is 23.7 Å². The molecule has 9 heteroatoms. The molecule has 0 unspecified atom stereocenters. The molecule has 0 atom stereocenters. The molecule has 28 heavy (non-hydrogen) atoms. The summed E-state index contributed by atoms with van der Waals surface area (Å²) in [5, 5.41) is 6.02. The van der Waals surface area contributed by atoms with E-state index in [1.807, 2.05) is 5.38 Å². The van der Waals surface area contributed by atoms with Crippen molar-refractivity contribution in [3.63, 3.8) is 0 Å². The molecular formula is C19H19ClFN5OS. The molecule has 0 aliphatic carbocycles. The van der Waals surface area contributed by atoms with Gasteiger partial charge < -0.3 is 10.2 Å². The number of benzene rings is 1. The number of anilines is 2. The maximum atomic E-state index is 13.8. The molecule has 0 radical (unpaired) electrons. The average molecular weight is 420 g/mol. The Bertz CT molecular complexity index is 989. The minimum atomic E-state index is -0.529. The molecule has 1 aromatic carbocycles. The number of hydrogen-bond donors (Lipinski definition) is 1. The molecule has 1 saturated heterocycles. The topological polar surface area (TPSA) is 61.4 Å². The van der Waals surface area contributed by atoms with Crippen molar-refractivity contribution in [2.24, 2.45) is 0 Å². The number of hydrogen-bond acceptors (Lipinski definition) is 6. The Labute approximate surface area is 170 Å². The van der Waals surface area contributed by atoms with Crippen LogP contribution in [0.2, 0.25) is 5.02 Å². The molecule has 3 heterocycles. The van der Waals surface area contributed by atoms with Gasteiger partial charge in [-0.1, -0.05) is 11.6 Å². The number of rotatable bonds is 5. The van der Waals surface area contributed by atoms with Crippen LogP contribution in [0.15, 0.2) is 36.0 Å². The smallest absolute Gasteiger partial charge is 0.225 e. The van der Waals surface area contributed by atoms with Crippen molar-refractivity contribution >= 4 is 50.6 Å². The minimum Gasteiger partial charge on any atom is -0.353 e. The predicted octanol–water partition coefficient (Wildman–Crippen LogP) is 3.63. The van der Waals surface area contributed by atoms with Gasteiger partial charge in [0, 0.05) is 44.2 Å². The summed E-state index contributed by atoms with van der Waals surface area (Å²) < 4.78 is 13.8. The molecule has 2 aromatic heterocycles. The molecule has 6 nitrogen and oxygen atoms in total. The Morgan fingerprint density at radius 1 is 1.21 bits per heavy atom. The Balaban J connectivity index is 1.27. The summed E-state index contributed by atoms with van der Waals surface area (Å²) in [6.07, 6.45) is 1.92. The molecule has 1 aliphatic heterocycles. The van der Waals surface area contributed by atoms with E-state index >= 15 is 0 Å². The van der Waals surface area contributed by atoms with Crippen LogP contribution in [-0.4, -0.2) is 53.5 Å². The van der Waals surface area contributed by atoms with E-state index in [0.717, 1.165) is 42.2 Å². The van der Waals surface area contributed by atoms with E-state index in [4.69, 9.17) is 11.6 Å². The van der Waals surface area contributed by atoms with Crippen molar-refractivity contribution in [2.45, 2.75) is 6.42 Å². The number of piperazine rings is 1. The molecule has 146 valence electrons. The fraction of sp³-hybridized carbons (Fsp3) is 0.316. The minimum absolute atomic E-state index is 0.155. The lowest BCUT2D eigenvalue weighted by Crippen LogP contribution is -2.47. The quantitative estimate of drug-likeness (QED) is 0.684. The van der Waals surface area contributed by atoms with E-state index in [-0.39, 0.29) is 11.6 Å². The monoisotopic (exact) mass is 419 g/mol. The van der Waals surface area contributed by atoms with Crippen LogP contribution in [0.5, 0.6) is 0 Å². The lowest BCUT2D eigenvalue weighted by Gasteiger charge is -2.35. The summed E-state index contributed by atoms with van der Waals surface area (Å²) in [5.41, 5.74) is 0.155. The van der Waals surface area contributed by atoms with Crippen LogP contribution in [0.3, 0.4) is 0 Å². The first-order chi connectivity index (χ1) is 13.6. The zero-order valence-corrected chi connectivity index (χ0v) is 16.6.